The van der Waals surface area contributed by atoms with Crippen LogP contribution in [0.1, 0.15) is 35.2 Å². The van der Waals surface area contributed by atoms with Crippen LogP contribution >= 0.6 is 23.8 Å². The molecule has 1 aromatic heterocycles. The van der Waals surface area contributed by atoms with E-state index in [1.807, 2.05) is 12.1 Å². The van der Waals surface area contributed by atoms with Crippen LogP contribution in [0.5, 0.6) is 0 Å². The highest BCUT2D eigenvalue weighted by atomic mass is 35.5. The van der Waals surface area contributed by atoms with Crippen molar-refractivity contribution in [1.82, 2.24) is 14.9 Å². The molecule has 120 valence electrons. The third kappa shape index (κ3) is 2.22. The summed E-state index contributed by atoms with van der Waals surface area (Å²) in [5.41, 5.74) is 4.11. The van der Waals surface area contributed by atoms with Crippen molar-refractivity contribution in [3.63, 3.8) is 0 Å². The van der Waals surface area contributed by atoms with E-state index in [0.29, 0.717) is 11.3 Å². The molecule has 6 heteroatoms. The van der Waals surface area contributed by atoms with Crippen LogP contribution in [0.15, 0.2) is 23.0 Å². The summed E-state index contributed by atoms with van der Waals surface area (Å²) in [6.07, 6.45) is 3.94. The molecule has 0 fully saturated rings. The Hall–Kier alpha value is -1.43. The van der Waals surface area contributed by atoms with Gasteiger partial charge in [-0.05, 0) is 55.7 Å². The van der Waals surface area contributed by atoms with Gasteiger partial charge in [0.15, 0.2) is 4.77 Å². The van der Waals surface area contributed by atoms with Crippen molar-refractivity contribution in [3.8, 4) is 0 Å². The van der Waals surface area contributed by atoms with Crippen molar-refractivity contribution in [3.05, 3.63) is 60.7 Å². The average Bonchev–Trinajstić information content (AvgIpc) is 2.50. The zero-order valence-corrected chi connectivity index (χ0v) is 14.5. The highest BCUT2D eigenvalue weighted by Gasteiger charge is 2.44. The number of nitrogens with one attached hydrogen (secondary N) is 2. The molecule has 2 aliphatic rings. The number of rotatable bonds is 0. The number of aromatic nitrogens is 2. The predicted molar refractivity (Wildman–Crippen MR) is 93.5 cm³/mol. The van der Waals surface area contributed by atoms with Gasteiger partial charge < -0.3 is 4.98 Å². The largest absolute Gasteiger partial charge is 0.335 e. The van der Waals surface area contributed by atoms with Gasteiger partial charge in [-0.25, -0.2) is 0 Å². The van der Waals surface area contributed by atoms with Gasteiger partial charge in [0.2, 0.25) is 0 Å². The van der Waals surface area contributed by atoms with Crippen molar-refractivity contribution >= 4 is 23.8 Å². The summed E-state index contributed by atoms with van der Waals surface area (Å²) in [6.45, 7) is 0.614. The second kappa shape index (κ2) is 5.30. The van der Waals surface area contributed by atoms with Crippen LogP contribution in [0.2, 0.25) is 5.02 Å². The van der Waals surface area contributed by atoms with Gasteiger partial charge >= 0.3 is 0 Å². The van der Waals surface area contributed by atoms with Crippen LogP contribution in [0, 0.1) is 4.77 Å². The van der Waals surface area contributed by atoms with E-state index >= 15 is 0 Å². The monoisotopic (exact) mass is 347 g/mol. The van der Waals surface area contributed by atoms with Gasteiger partial charge in [0, 0.05) is 23.7 Å². The molecule has 2 heterocycles. The third-order valence-electron chi connectivity index (χ3n) is 5.36. The summed E-state index contributed by atoms with van der Waals surface area (Å²) in [6, 6.07) is 6.18. The number of nitrogens with zero attached hydrogens (tertiary/aromatic N) is 1. The fourth-order valence-corrected chi connectivity index (χ4v) is 4.70. The smallest absolute Gasteiger partial charge is 0.256 e. The molecule has 2 N–H and O–H groups in total. The Bertz CT molecular complexity index is 903. The van der Waals surface area contributed by atoms with Crippen LogP contribution in [0.4, 0.5) is 0 Å². The lowest BCUT2D eigenvalue weighted by Gasteiger charge is -2.49. The van der Waals surface area contributed by atoms with Crippen LogP contribution in [-0.4, -0.2) is 21.9 Å². The Morgan fingerprint density at radius 3 is 2.96 bits per heavy atom. The molecule has 2 aromatic rings. The second-order valence-corrected chi connectivity index (χ2v) is 7.36. The van der Waals surface area contributed by atoms with Crippen LogP contribution in [0.25, 0.3) is 0 Å². The molecule has 0 saturated heterocycles. The maximum absolute atomic E-state index is 12.2. The molecule has 1 aromatic carbocycles. The number of H-pyrrole nitrogens is 2. The Labute approximate surface area is 144 Å². The molecular formula is C17H18ClN3OS. The predicted octanol–water partition coefficient (Wildman–Crippen LogP) is 3.31. The Morgan fingerprint density at radius 1 is 1.30 bits per heavy atom. The fraction of sp³-hybridized carbons (Fsp3) is 0.412. The first-order valence-electron chi connectivity index (χ1n) is 7.85. The molecule has 0 amide bonds. The van der Waals surface area contributed by atoms with Crippen molar-refractivity contribution in [1.29, 1.82) is 0 Å². The van der Waals surface area contributed by atoms with Crippen molar-refractivity contribution in [2.24, 2.45) is 0 Å². The molecule has 0 bridgehead atoms. The normalized spacial score (nSPS) is 23.6. The minimum atomic E-state index is -0.114. The van der Waals surface area contributed by atoms with Gasteiger partial charge in [0.05, 0.1) is 11.1 Å². The summed E-state index contributed by atoms with van der Waals surface area (Å²) in [5.74, 6) is 0. The maximum atomic E-state index is 12.2. The molecule has 4 nitrogen and oxygen atoms in total. The number of hydrogen-bond acceptors (Lipinski definition) is 3. The zero-order chi connectivity index (χ0) is 16.2. The molecule has 1 spiro atoms. The third-order valence-corrected chi connectivity index (χ3v) is 5.92. The number of aromatic amines is 2. The van der Waals surface area contributed by atoms with Gasteiger partial charge in [-0.1, -0.05) is 23.7 Å². The maximum Gasteiger partial charge on any atom is 0.256 e. The van der Waals surface area contributed by atoms with E-state index < -0.39 is 0 Å². The standard InChI is InChI=1S/C17H18ClN3OS/c1-21-9-11-14(19-16(23)20-15(11)22)8-17(21)7-3-4-10-12(17)5-2-6-13(10)18/h2,5-6H,3-4,7-9H2,1H3,(H2,19,20,22,23). The Balaban J connectivity index is 1.93. The van der Waals surface area contributed by atoms with Gasteiger partial charge in [0.25, 0.3) is 5.56 Å². The number of likely N-dealkylation sites (N-methyl/N-ethyl adjacent to an activating group) is 1. The number of halogens is 1. The molecule has 1 atom stereocenters. The van der Waals surface area contributed by atoms with E-state index in [4.69, 9.17) is 23.8 Å². The minimum absolute atomic E-state index is 0.0763. The summed E-state index contributed by atoms with van der Waals surface area (Å²) in [4.78, 5) is 20.4. The molecule has 1 aliphatic carbocycles. The van der Waals surface area contributed by atoms with E-state index in [1.165, 1.54) is 11.1 Å². The van der Waals surface area contributed by atoms with Crippen LogP contribution in [0.3, 0.4) is 0 Å². The van der Waals surface area contributed by atoms with Gasteiger partial charge in [0.1, 0.15) is 0 Å². The quantitative estimate of drug-likeness (QED) is 0.719. The van der Waals surface area contributed by atoms with Gasteiger partial charge in [-0.2, -0.15) is 0 Å². The van der Waals surface area contributed by atoms with E-state index in [1.54, 1.807) is 0 Å². The zero-order valence-electron chi connectivity index (χ0n) is 12.9. The van der Waals surface area contributed by atoms with Crippen molar-refractivity contribution in [2.45, 2.75) is 37.8 Å². The lowest BCUT2D eigenvalue weighted by molar-refractivity contribution is 0.0722. The summed E-state index contributed by atoms with van der Waals surface area (Å²) in [7, 11) is 2.10. The fourth-order valence-electron chi connectivity index (χ4n) is 4.21. The molecule has 0 saturated carbocycles. The summed E-state index contributed by atoms with van der Waals surface area (Å²) >= 11 is 11.6. The molecular weight excluding hydrogens is 330 g/mol. The van der Waals surface area contributed by atoms with E-state index in [2.05, 4.69) is 28.0 Å². The number of benzene rings is 1. The Kier molecular flexibility index (Phi) is 3.48. The van der Waals surface area contributed by atoms with Crippen LogP contribution < -0.4 is 5.56 Å². The first-order chi connectivity index (χ1) is 11.0. The highest BCUT2D eigenvalue weighted by molar-refractivity contribution is 7.71. The van der Waals surface area contributed by atoms with Crippen LogP contribution in [-0.2, 0) is 24.9 Å². The minimum Gasteiger partial charge on any atom is -0.335 e. The molecule has 23 heavy (non-hydrogen) atoms. The summed E-state index contributed by atoms with van der Waals surface area (Å²) < 4.78 is 0.399. The van der Waals surface area contributed by atoms with E-state index in [0.717, 1.165) is 42.0 Å². The first kappa shape index (κ1) is 15.1. The SMILES string of the molecule is CN1Cc2c([nH]c(=S)[nH]c2=O)CC12CCCc1c(Cl)cccc12. The Morgan fingerprint density at radius 2 is 2.13 bits per heavy atom. The second-order valence-electron chi connectivity index (χ2n) is 6.55. The molecule has 0 radical (unpaired) electrons. The van der Waals surface area contributed by atoms with Gasteiger partial charge in [-0.3, -0.25) is 14.7 Å². The highest BCUT2D eigenvalue weighted by Crippen LogP contribution is 2.46. The van der Waals surface area contributed by atoms with Crippen molar-refractivity contribution < 1.29 is 0 Å². The van der Waals surface area contributed by atoms with Gasteiger partial charge in [-0.15, -0.1) is 0 Å². The lowest BCUT2D eigenvalue weighted by Crippen LogP contribution is -2.51. The number of hydrogen-bond donors (Lipinski definition) is 2. The van der Waals surface area contributed by atoms with E-state index in [-0.39, 0.29) is 11.1 Å². The molecule has 1 aliphatic heterocycles. The average molecular weight is 348 g/mol. The summed E-state index contributed by atoms with van der Waals surface area (Å²) in [5, 5.41) is 0.847. The van der Waals surface area contributed by atoms with E-state index in [9.17, 15) is 4.79 Å². The molecule has 1 unspecified atom stereocenters. The molecule has 4 rings (SSSR count). The topological polar surface area (TPSA) is 51.9 Å². The van der Waals surface area contributed by atoms with Crippen molar-refractivity contribution in [2.75, 3.05) is 7.05 Å². The first-order valence-corrected chi connectivity index (χ1v) is 8.63. The number of fused-ring (bicyclic) bond motifs is 3. The lowest BCUT2D eigenvalue weighted by atomic mass is 9.71.